The molecule has 2 aromatic rings. The Morgan fingerprint density at radius 3 is 2.96 bits per heavy atom. The van der Waals surface area contributed by atoms with Crippen molar-refractivity contribution >= 4 is 34.7 Å². The molecule has 0 unspecified atom stereocenters. The molecule has 2 aliphatic rings. The van der Waals surface area contributed by atoms with E-state index in [-0.39, 0.29) is 17.3 Å². The molecule has 0 radical (unpaired) electrons. The normalized spacial score (nSPS) is 20.0. The van der Waals surface area contributed by atoms with Gasteiger partial charge in [0.15, 0.2) is 10.9 Å². The largest absolute Gasteiger partial charge is 0.343 e. The molecule has 3 heterocycles. The van der Waals surface area contributed by atoms with E-state index in [9.17, 15) is 9.59 Å². The Morgan fingerprint density at radius 1 is 1.35 bits per heavy atom. The van der Waals surface area contributed by atoms with E-state index in [2.05, 4.69) is 15.3 Å². The first-order valence-electron chi connectivity index (χ1n) is 7.42. The Morgan fingerprint density at radius 2 is 2.22 bits per heavy atom. The molecule has 1 aliphatic heterocycles. The summed E-state index contributed by atoms with van der Waals surface area (Å²) in [6.45, 7) is 0. The molecule has 23 heavy (non-hydrogen) atoms. The Hall–Kier alpha value is -1.86. The lowest BCUT2D eigenvalue weighted by molar-refractivity contribution is -0.116. The summed E-state index contributed by atoms with van der Waals surface area (Å²) in [6, 6.07) is 1.98. The van der Waals surface area contributed by atoms with Crippen molar-refractivity contribution in [2.24, 2.45) is 0 Å². The summed E-state index contributed by atoms with van der Waals surface area (Å²) >= 11 is 2.97. The number of allylic oxidation sites excluding steroid dienone is 2. The first kappa shape index (κ1) is 14.7. The number of Topliss-reactive ketones (excluding diaryl/α,β-unsaturated/α-hetero) is 1. The van der Waals surface area contributed by atoms with Gasteiger partial charge in [-0.2, -0.15) is 11.3 Å². The predicted molar refractivity (Wildman–Crippen MR) is 92.3 cm³/mol. The van der Waals surface area contributed by atoms with E-state index in [4.69, 9.17) is 0 Å². The van der Waals surface area contributed by atoms with E-state index in [1.807, 2.05) is 23.1 Å². The van der Waals surface area contributed by atoms with Crippen LogP contribution in [0.4, 0.5) is 5.82 Å². The van der Waals surface area contributed by atoms with Gasteiger partial charge in [-0.15, -0.1) is 0 Å². The highest BCUT2D eigenvalue weighted by atomic mass is 32.2. The molecule has 0 saturated carbocycles. The van der Waals surface area contributed by atoms with Crippen molar-refractivity contribution in [3.63, 3.8) is 0 Å². The zero-order valence-electron chi connectivity index (χ0n) is 12.5. The molecule has 7 heteroatoms. The number of hydrogen-bond donors (Lipinski definition) is 2. The second-order valence-electron chi connectivity index (χ2n) is 5.62. The fraction of sp³-hybridized carbons (Fsp3) is 0.312. The number of carbonyl (C=O) groups is 1. The number of nitrogens with one attached hydrogen (secondary N) is 2. The van der Waals surface area contributed by atoms with Crippen LogP contribution in [0, 0.1) is 0 Å². The molecule has 0 bridgehead atoms. The average Bonchev–Trinajstić information content (AvgIpc) is 3.07. The fourth-order valence-electron chi connectivity index (χ4n) is 3.31. The van der Waals surface area contributed by atoms with Crippen LogP contribution in [0.2, 0.25) is 0 Å². The number of nitrogens with zero attached hydrogens (tertiary/aromatic N) is 1. The maximum atomic E-state index is 12.7. The lowest BCUT2D eigenvalue weighted by Crippen LogP contribution is -2.32. The van der Waals surface area contributed by atoms with Crippen LogP contribution in [0.25, 0.3) is 0 Å². The van der Waals surface area contributed by atoms with Gasteiger partial charge in [0, 0.05) is 23.6 Å². The molecule has 0 fully saturated rings. The van der Waals surface area contributed by atoms with E-state index in [0.717, 1.165) is 29.7 Å². The first-order chi connectivity index (χ1) is 11.2. The first-order valence-corrected chi connectivity index (χ1v) is 9.59. The highest BCUT2D eigenvalue weighted by Gasteiger charge is 2.37. The number of ketones is 1. The molecule has 0 amide bonds. The number of hydrogen-bond acceptors (Lipinski definition) is 6. The van der Waals surface area contributed by atoms with Crippen molar-refractivity contribution < 1.29 is 4.79 Å². The zero-order valence-corrected chi connectivity index (χ0v) is 14.1. The van der Waals surface area contributed by atoms with E-state index in [0.29, 0.717) is 23.0 Å². The van der Waals surface area contributed by atoms with Crippen LogP contribution in [-0.2, 0) is 4.79 Å². The Kier molecular flexibility index (Phi) is 3.61. The molecule has 2 aromatic heterocycles. The van der Waals surface area contributed by atoms with Crippen LogP contribution in [0.5, 0.6) is 0 Å². The minimum atomic E-state index is -0.313. The third-order valence-electron chi connectivity index (χ3n) is 4.31. The van der Waals surface area contributed by atoms with Gasteiger partial charge in [-0.1, -0.05) is 11.8 Å². The summed E-state index contributed by atoms with van der Waals surface area (Å²) in [5.41, 5.74) is 3.04. The Labute approximate surface area is 141 Å². The van der Waals surface area contributed by atoms with Crippen molar-refractivity contribution in [3.8, 4) is 0 Å². The minimum Gasteiger partial charge on any atom is -0.343 e. The third kappa shape index (κ3) is 2.35. The number of carbonyl (C=O) groups excluding carboxylic acids is 1. The van der Waals surface area contributed by atoms with Gasteiger partial charge in [0.05, 0.1) is 5.56 Å². The van der Waals surface area contributed by atoms with Gasteiger partial charge in [-0.3, -0.25) is 9.59 Å². The number of thioether (sulfide) groups is 1. The van der Waals surface area contributed by atoms with Crippen LogP contribution in [0.15, 0.2) is 38.0 Å². The monoisotopic (exact) mass is 345 g/mol. The Balaban J connectivity index is 1.98. The van der Waals surface area contributed by atoms with Crippen LogP contribution < -0.4 is 10.9 Å². The maximum Gasteiger partial charge on any atom is 0.257 e. The summed E-state index contributed by atoms with van der Waals surface area (Å²) in [5, 5.41) is 7.82. The Bertz CT molecular complexity index is 868. The minimum absolute atomic E-state index is 0.133. The fourth-order valence-corrected chi connectivity index (χ4v) is 4.37. The molecular formula is C16H15N3O2S2. The van der Waals surface area contributed by atoms with E-state index >= 15 is 0 Å². The van der Waals surface area contributed by atoms with E-state index in [1.54, 1.807) is 11.3 Å². The standard InChI is InChI=1S/C16H15N3O2S2/c1-22-16-18-14-13(15(21)19-16)11(8-5-6-23-7-8)12-9(17-14)3-2-4-10(12)20/h5-7,11H,2-4H2,1H3,(H2,17,18,19,21)/t11-/m1/s1. The number of aromatic nitrogens is 2. The molecule has 0 aromatic carbocycles. The second-order valence-corrected chi connectivity index (χ2v) is 7.20. The van der Waals surface area contributed by atoms with Gasteiger partial charge < -0.3 is 10.3 Å². The smallest absolute Gasteiger partial charge is 0.257 e. The molecule has 1 aliphatic carbocycles. The highest BCUT2D eigenvalue weighted by Crippen LogP contribution is 2.43. The van der Waals surface area contributed by atoms with Gasteiger partial charge in [-0.05, 0) is 41.5 Å². The number of fused-ring (bicyclic) bond motifs is 1. The molecule has 118 valence electrons. The average molecular weight is 345 g/mol. The summed E-state index contributed by atoms with van der Waals surface area (Å²) in [4.78, 5) is 32.5. The van der Waals surface area contributed by atoms with Gasteiger partial charge in [-0.25, -0.2) is 4.98 Å². The molecule has 0 spiro atoms. The van der Waals surface area contributed by atoms with Crippen LogP contribution >= 0.6 is 23.1 Å². The number of thiophene rings is 1. The quantitative estimate of drug-likeness (QED) is 0.646. The van der Waals surface area contributed by atoms with Crippen molar-refractivity contribution in [2.75, 3.05) is 11.6 Å². The lowest BCUT2D eigenvalue weighted by Gasteiger charge is -2.32. The van der Waals surface area contributed by atoms with Crippen LogP contribution in [0.1, 0.15) is 36.3 Å². The van der Waals surface area contributed by atoms with Gasteiger partial charge in [0.2, 0.25) is 0 Å². The SMILES string of the molecule is CSc1nc2c(c(=O)[nH]1)[C@H](c1ccsc1)C1=C(CCCC1=O)N2. The summed E-state index contributed by atoms with van der Waals surface area (Å²) in [7, 11) is 0. The molecule has 2 N–H and O–H groups in total. The van der Waals surface area contributed by atoms with Crippen molar-refractivity contribution in [1.82, 2.24) is 9.97 Å². The second kappa shape index (κ2) is 5.65. The zero-order chi connectivity index (χ0) is 16.0. The maximum absolute atomic E-state index is 12.7. The van der Waals surface area contributed by atoms with Gasteiger partial charge in [0.25, 0.3) is 5.56 Å². The van der Waals surface area contributed by atoms with Crippen LogP contribution in [-0.4, -0.2) is 22.0 Å². The molecule has 0 saturated heterocycles. The number of anilines is 1. The van der Waals surface area contributed by atoms with Crippen molar-refractivity contribution in [2.45, 2.75) is 30.3 Å². The molecule has 5 nitrogen and oxygen atoms in total. The van der Waals surface area contributed by atoms with Gasteiger partial charge in [0.1, 0.15) is 5.82 Å². The topological polar surface area (TPSA) is 74.8 Å². The highest BCUT2D eigenvalue weighted by molar-refractivity contribution is 7.98. The summed E-state index contributed by atoms with van der Waals surface area (Å²) in [5.74, 6) is 0.407. The van der Waals surface area contributed by atoms with E-state index < -0.39 is 0 Å². The number of rotatable bonds is 2. The van der Waals surface area contributed by atoms with Gasteiger partial charge >= 0.3 is 0 Å². The van der Waals surface area contributed by atoms with E-state index in [1.165, 1.54) is 11.8 Å². The summed E-state index contributed by atoms with van der Waals surface area (Å²) < 4.78 is 0. The molecular weight excluding hydrogens is 330 g/mol. The summed E-state index contributed by atoms with van der Waals surface area (Å²) in [6.07, 6.45) is 4.09. The number of aromatic amines is 1. The third-order valence-corrected chi connectivity index (χ3v) is 5.59. The lowest BCUT2D eigenvalue weighted by atomic mass is 9.77. The van der Waals surface area contributed by atoms with Crippen molar-refractivity contribution in [1.29, 1.82) is 0 Å². The molecule has 1 atom stereocenters. The van der Waals surface area contributed by atoms with Crippen molar-refractivity contribution in [3.05, 3.63) is 49.6 Å². The number of H-pyrrole nitrogens is 1. The molecule has 4 rings (SSSR count). The predicted octanol–water partition coefficient (Wildman–Crippen LogP) is 3.12. The van der Waals surface area contributed by atoms with Crippen LogP contribution in [0.3, 0.4) is 0 Å².